The average Bonchev–Trinajstić information content (AvgIpc) is 2.36. The molecule has 2 aromatic rings. The lowest BCUT2D eigenvalue weighted by Crippen LogP contribution is -1.88. The van der Waals surface area contributed by atoms with Crippen LogP contribution in [0.25, 0.3) is 0 Å². The number of benzene rings is 2. The quantitative estimate of drug-likeness (QED) is 0.862. The Morgan fingerprint density at radius 3 is 2.47 bits per heavy atom. The van der Waals surface area contributed by atoms with Crippen molar-refractivity contribution in [3.05, 3.63) is 53.6 Å². The predicted octanol–water partition coefficient (Wildman–Crippen LogP) is 3.43. The molecular formula is C14H11F2NO2. The van der Waals surface area contributed by atoms with E-state index in [-0.39, 0.29) is 11.4 Å². The molecule has 0 unspecified atom stereocenters. The van der Waals surface area contributed by atoms with Crippen molar-refractivity contribution in [1.29, 1.82) is 0 Å². The van der Waals surface area contributed by atoms with Gasteiger partial charge in [-0.25, -0.2) is 8.78 Å². The number of hydrogen-bond donors (Lipinski definition) is 1. The Balaban J connectivity index is 2.32. The maximum atomic E-state index is 13.0. The van der Waals surface area contributed by atoms with E-state index in [0.29, 0.717) is 11.3 Å². The molecule has 5 heteroatoms. The lowest BCUT2D eigenvalue weighted by Gasteiger charge is -2.04. The van der Waals surface area contributed by atoms with Crippen LogP contribution in [0.3, 0.4) is 0 Å². The first-order valence-electron chi connectivity index (χ1n) is 5.46. The third kappa shape index (κ3) is 3.07. The molecule has 1 N–H and O–H groups in total. The van der Waals surface area contributed by atoms with Gasteiger partial charge in [0.2, 0.25) is 0 Å². The van der Waals surface area contributed by atoms with E-state index in [1.807, 2.05) is 0 Å². The number of halogens is 2. The molecule has 0 spiro atoms. The number of hydrogen-bond acceptors (Lipinski definition) is 3. The van der Waals surface area contributed by atoms with Crippen molar-refractivity contribution in [1.82, 2.24) is 0 Å². The van der Waals surface area contributed by atoms with Gasteiger partial charge in [0.1, 0.15) is 11.6 Å². The monoisotopic (exact) mass is 263 g/mol. The fourth-order valence-electron chi connectivity index (χ4n) is 1.57. The summed E-state index contributed by atoms with van der Waals surface area (Å²) >= 11 is 0. The van der Waals surface area contributed by atoms with Crippen molar-refractivity contribution in [3.8, 4) is 11.5 Å². The van der Waals surface area contributed by atoms with E-state index < -0.39 is 11.6 Å². The van der Waals surface area contributed by atoms with E-state index in [4.69, 9.17) is 4.74 Å². The van der Waals surface area contributed by atoms with Crippen molar-refractivity contribution in [2.75, 3.05) is 7.11 Å². The zero-order chi connectivity index (χ0) is 13.8. The highest BCUT2D eigenvalue weighted by atomic mass is 19.1. The minimum atomic E-state index is -0.706. The maximum absolute atomic E-state index is 13.0. The van der Waals surface area contributed by atoms with Crippen LogP contribution >= 0.6 is 0 Å². The highest BCUT2D eigenvalue weighted by Gasteiger charge is 2.05. The molecular weight excluding hydrogens is 252 g/mol. The topological polar surface area (TPSA) is 41.8 Å². The van der Waals surface area contributed by atoms with Crippen LogP contribution < -0.4 is 4.74 Å². The van der Waals surface area contributed by atoms with Crippen molar-refractivity contribution in [3.63, 3.8) is 0 Å². The van der Waals surface area contributed by atoms with E-state index in [1.165, 1.54) is 13.3 Å². The fraction of sp³-hybridized carbons (Fsp3) is 0.0714. The van der Waals surface area contributed by atoms with Crippen LogP contribution in [0, 0.1) is 11.6 Å². The number of phenols is 1. The van der Waals surface area contributed by atoms with Crippen LogP contribution in [-0.2, 0) is 0 Å². The molecule has 19 heavy (non-hydrogen) atoms. The lowest BCUT2D eigenvalue weighted by molar-refractivity contribution is 0.373. The molecule has 0 saturated heterocycles. The second-order valence-corrected chi connectivity index (χ2v) is 3.78. The summed E-state index contributed by atoms with van der Waals surface area (Å²) in [5.74, 6) is -1.19. The molecule has 3 nitrogen and oxygen atoms in total. The van der Waals surface area contributed by atoms with Crippen LogP contribution in [0.4, 0.5) is 14.5 Å². The van der Waals surface area contributed by atoms with Crippen molar-refractivity contribution >= 4 is 11.9 Å². The minimum Gasteiger partial charge on any atom is -0.504 e. The van der Waals surface area contributed by atoms with Gasteiger partial charge < -0.3 is 9.84 Å². The third-order valence-corrected chi connectivity index (χ3v) is 2.45. The first-order chi connectivity index (χ1) is 9.10. The number of aliphatic imine (C=N–C) groups is 1. The summed E-state index contributed by atoms with van der Waals surface area (Å²) in [6.07, 6.45) is 1.31. The van der Waals surface area contributed by atoms with Gasteiger partial charge in [-0.05, 0) is 24.3 Å². The molecule has 0 fully saturated rings. The first-order valence-corrected chi connectivity index (χ1v) is 5.46. The molecule has 0 amide bonds. The molecule has 0 heterocycles. The summed E-state index contributed by atoms with van der Waals surface area (Å²) in [5, 5.41) is 9.81. The Labute approximate surface area is 108 Å². The highest BCUT2D eigenvalue weighted by Crippen LogP contribution is 2.28. The lowest BCUT2D eigenvalue weighted by atomic mass is 10.2. The predicted molar refractivity (Wildman–Crippen MR) is 68.3 cm³/mol. The average molecular weight is 263 g/mol. The normalized spacial score (nSPS) is 10.9. The largest absolute Gasteiger partial charge is 0.504 e. The fourth-order valence-corrected chi connectivity index (χ4v) is 1.57. The van der Waals surface area contributed by atoms with Gasteiger partial charge in [-0.15, -0.1) is 0 Å². The smallest absolute Gasteiger partial charge is 0.166 e. The number of phenolic OH excluding ortho intramolecular Hbond substituents is 1. The molecule has 0 aliphatic rings. The van der Waals surface area contributed by atoms with Gasteiger partial charge in [-0.3, -0.25) is 4.99 Å². The Morgan fingerprint density at radius 2 is 1.84 bits per heavy atom. The summed E-state index contributed by atoms with van der Waals surface area (Å²) in [6, 6.07) is 7.83. The van der Waals surface area contributed by atoms with Gasteiger partial charge in [-0.1, -0.05) is 6.07 Å². The molecule has 0 saturated carbocycles. The minimum absolute atomic E-state index is 0.0781. The van der Waals surface area contributed by atoms with E-state index in [2.05, 4.69) is 4.99 Å². The Bertz CT molecular complexity index is 607. The number of methoxy groups -OCH3 is 1. The molecule has 98 valence electrons. The summed E-state index contributed by atoms with van der Waals surface area (Å²) < 4.78 is 30.9. The van der Waals surface area contributed by atoms with Gasteiger partial charge in [0, 0.05) is 17.8 Å². The Hall–Kier alpha value is -2.43. The van der Waals surface area contributed by atoms with Gasteiger partial charge in [0.25, 0.3) is 0 Å². The molecule has 0 bridgehead atoms. The number of rotatable bonds is 3. The van der Waals surface area contributed by atoms with E-state index in [9.17, 15) is 13.9 Å². The third-order valence-electron chi connectivity index (χ3n) is 2.45. The van der Waals surface area contributed by atoms with Gasteiger partial charge in [0.15, 0.2) is 11.5 Å². The second kappa shape index (κ2) is 5.48. The summed E-state index contributed by atoms with van der Waals surface area (Å²) in [7, 11) is 1.43. The van der Waals surface area contributed by atoms with Crippen LogP contribution in [0.1, 0.15) is 5.56 Å². The van der Waals surface area contributed by atoms with E-state index >= 15 is 0 Å². The molecule has 0 radical (unpaired) electrons. The number of aromatic hydroxyl groups is 1. The molecule has 0 aliphatic carbocycles. The summed E-state index contributed by atoms with van der Waals surface area (Å²) in [4.78, 5) is 3.91. The Morgan fingerprint density at radius 1 is 1.16 bits per heavy atom. The number of nitrogens with zero attached hydrogens (tertiary/aromatic N) is 1. The highest BCUT2D eigenvalue weighted by molar-refractivity contribution is 5.86. The summed E-state index contributed by atoms with van der Waals surface area (Å²) in [5.41, 5.74) is 0.517. The Kier molecular flexibility index (Phi) is 3.75. The molecule has 2 rings (SSSR count). The SMILES string of the molecule is COc1cccc(C=Nc2cc(F)cc(F)c2)c1O. The van der Waals surface area contributed by atoms with Gasteiger partial charge >= 0.3 is 0 Å². The second-order valence-electron chi connectivity index (χ2n) is 3.78. The van der Waals surface area contributed by atoms with Crippen LogP contribution in [0.15, 0.2) is 41.4 Å². The van der Waals surface area contributed by atoms with E-state index in [0.717, 1.165) is 18.2 Å². The van der Waals surface area contributed by atoms with Gasteiger partial charge in [-0.2, -0.15) is 0 Å². The first kappa shape index (κ1) is 13.0. The zero-order valence-corrected chi connectivity index (χ0v) is 10.1. The van der Waals surface area contributed by atoms with Crippen LogP contribution in [0.5, 0.6) is 11.5 Å². The standard InChI is InChI=1S/C14H11F2NO2/c1-19-13-4-2-3-9(14(13)18)8-17-12-6-10(15)5-11(16)7-12/h2-8,18H,1H3. The molecule has 2 aromatic carbocycles. The number of para-hydroxylation sites is 1. The summed E-state index contributed by atoms with van der Waals surface area (Å²) in [6.45, 7) is 0. The zero-order valence-electron chi connectivity index (χ0n) is 10.1. The van der Waals surface area contributed by atoms with E-state index in [1.54, 1.807) is 18.2 Å². The van der Waals surface area contributed by atoms with Crippen LogP contribution in [0.2, 0.25) is 0 Å². The maximum Gasteiger partial charge on any atom is 0.166 e. The van der Waals surface area contributed by atoms with Gasteiger partial charge in [0.05, 0.1) is 12.8 Å². The van der Waals surface area contributed by atoms with Crippen molar-refractivity contribution in [2.24, 2.45) is 4.99 Å². The van der Waals surface area contributed by atoms with Crippen molar-refractivity contribution in [2.45, 2.75) is 0 Å². The van der Waals surface area contributed by atoms with Crippen LogP contribution in [-0.4, -0.2) is 18.4 Å². The number of ether oxygens (including phenoxy) is 1. The molecule has 0 aromatic heterocycles. The molecule has 0 atom stereocenters. The van der Waals surface area contributed by atoms with Crippen molar-refractivity contribution < 1.29 is 18.6 Å². The molecule has 0 aliphatic heterocycles.